The molecule has 0 aliphatic carbocycles. The van der Waals surface area contributed by atoms with Gasteiger partial charge < -0.3 is 0 Å². The summed E-state index contributed by atoms with van der Waals surface area (Å²) in [6.07, 6.45) is 0.605. The zero-order valence-electron chi connectivity index (χ0n) is 12.8. The van der Waals surface area contributed by atoms with Crippen LogP contribution in [0.2, 0.25) is 0 Å². The van der Waals surface area contributed by atoms with Gasteiger partial charge in [0.1, 0.15) is 0 Å². The quantitative estimate of drug-likeness (QED) is 0.505. The molecule has 1 rings (SSSR count). The van der Waals surface area contributed by atoms with E-state index in [9.17, 15) is 14.4 Å². The normalized spacial score (nSPS) is 10.8. The maximum atomic E-state index is 11.5. The summed E-state index contributed by atoms with van der Waals surface area (Å²) in [5.41, 5.74) is 0.800. The first-order valence-corrected chi connectivity index (χ1v) is 14.1. The molecule has 0 saturated heterocycles. The first-order valence-electron chi connectivity index (χ1n) is 6.57. The molecule has 0 unspecified atom stereocenters. The van der Waals surface area contributed by atoms with Crippen LogP contribution < -0.4 is 3.12 Å². The monoisotopic (exact) mass is 568 g/mol. The van der Waals surface area contributed by atoms with Crippen LogP contribution in [-0.4, -0.2) is 40.4 Å². The van der Waals surface area contributed by atoms with Gasteiger partial charge in [0, 0.05) is 0 Å². The molecule has 0 aromatic heterocycles. The number of hydrogen-bond donors (Lipinski definition) is 0. The second-order valence-electron chi connectivity index (χ2n) is 4.49. The predicted octanol–water partition coefficient (Wildman–Crippen LogP) is 1.85. The van der Waals surface area contributed by atoms with Gasteiger partial charge in [-0.15, -0.1) is 0 Å². The van der Waals surface area contributed by atoms with Crippen LogP contribution in [0.1, 0.15) is 33.3 Å². The molecule has 0 aliphatic heterocycles. The van der Waals surface area contributed by atoms with Crippen LogP contribution >= 0.6 is 15.9 Å². The summed E-state index contributed by atoms with van der Waals surface area (Å²) in [4.78, 5) is 34.6. The van der Waals surface area contributed by atoms with Crippen molar-refractivity contribution in [3.63, 3.8) is 0 Å². The number of benzene rings is 1. The van der Waals surface area contributed by atoms with E-state index in [0.717, 1.165) is 5.56 Å². The van der Waals surface area contributed by atoms with E-state index in [1.807, 2.05) is 19.1 Å². The second-order valence-corrected chi connectivity index (χ2v) is 14.2. The number of halogens is 1. The molecule has 0 saturated carbocycles. The Morgan fingerprint density at radius 2 is 1.45 bits per heavy atom. The molecular weight excluding hydrogens is 551 g/mol. The molecule has 6 nitrogen and oxygen atoms in total. The van der Waals surface area contributed by atoms with Gasteiger partial charge in [-0.3, -0.25) is 0 Å². The van der Waals surface area contributed by atoms with Gasteiger partial charge in [0.2, 0.25) is 0 Å². The Kier molecular flexibility index (Phi) is 6.98. The van der Waals surface area contributed by atoms with Crippen molar-refractivity contribution in [2.24, 2.45) is 0 Å². The minimum absolute atomic E-state index is 0.491. The number of rotatable bonds is 5. The van der Waals surface area contributed by atoms with Gasteiger partial charge in [0.05, 0.1) is 0 Å². The average molecular weight is 568 g/mol. The van der Waals surface area contributed by atoms with Crippen molar-refractivity contribution in [2.75, 3.05) is 0 Å². The number of hydrogen-bond acceptors (Lipinski definition) is 6. The Labute approximate surface area is 143 Å². The van der Waals surface area contributed by atoms with Crippen molar-refractivity contribution in [3.05, 3.63) is 28.2 Å². The summed E-state index contributed by atoms with van der Waals surface area (Å²) >= 11 is -1.78. The van der Waals surface area contributed by atoms with E-state index in [1.54, 1.807) is 6.07 Å². The van der Waals surface area contributed by atoms with Gasteiger partial charge in [-0.05, 0) is 0 Å². The van der Waals surface area contributed by atoms with Crippen LogP contribution in [-0.2, 0) is 28.9 Å². The number of carbonyl (C=O) groups is 3. The van der Waals surface area contributed by atoms with Gasteiger partial charge in [-0.1, -0.05) is 0 Å². The molecule has 0 spiro atoms. The molecular formula is C14H17BrO6Pb. The third kappa shape index (κ3) is 5.04. The minimum atomic E-state index is -5.12. The van der Waals surface area contributed by atoms with E-state index in [-0.39, 0.29) is 0 Å². The van der Waals surface area contributed by atoms with E-state index in [4.69, 9.17) is 8.06 Å². The van der Waals surface area contributed by atoms with E-state index >= 15 is 0 Å². The Morgan fingerprint density at radius 3 is 1.82 bits per heavy atom. The van der Waals surface area contributed by atoms with E-state index < -0.39 is 40.4 Å². The zero-order valence-corrected chi connectivity index (χ0v) is 18.2. The molecule has 0 amide bonds. The summed E-state index contributed by atoms with van der Waals surface area (Å²) in [6.45, 7) is 5.46. The Morgan fingerprint density at radius 1 is 1.00 bits per heavy atom. The van der Waals surface area contributed by atoms with Crippen molar-refractivity contribution in [3.8, 4) is 0 Å². The summed E-state index contributed by atoms with van der Waals surface area (Å²) < 4.78 is 17.2. The third-order valence-corrected chi connectivity index (χ3v) is 14.0. The topological polar surface area (TPSA) is 78.9 Å². The summed E-state index contributed by atoms with van der Waals surface area (Å²) in [5.74, 6) is -1.98. The maximum absolute atomic E-state index is 11.5. The van der Waals surface area contributed by atoms with Crippen LogP contribution in [0.25, 0.3) is 0 Å². The van der Waals surface area contributed by atoms with Crippen molar-refractivity contribution in [1.82, 2.24) is 0 Å². The molecule has 8 heteroatoms. The molecule has 1 aromatic carbocycles. The fourth-order valence-corrected chi connectivity index (χ4v) is 13.1. The molecule has 0 heterocycles. The molecule has 0 aliphatic rings. The average Bonchev–Trinajstić information content (AvgIpc) is 2.36. The zero-order chi connectivity index (χ0) is 16.9. The molecule has 0 atom stereocenters. The van der Waals surface area contributed by atoms with E-state index in [2.05, 4.69) is 15.9 Å². The van der Waals surface area contributed by atoms with E-state index in [1.165, 1.54) is 20.8 Å². The summed E-state index contributed by atoms with van der Waals surface area (Å²) in [5, 5.41) is 0. The molecule has 120 valence electrons. The fourth-order valence-electron chi connectivity index (χ4n) is 1.94. The molecule has 0 radical (unpaired) electrons. The summed E-state index contributed by atoms with van der Waals surface area (Å²) in [6, 6.07) is 5.30. The van der Waals surface area contributed by atoms with Gasteiger partial charge in [0.25, 0.3) is 0 Å². The second kappa shape index (κ2) is 8.05. The fraction of sp³-hybridized carbons (Fsp3) is 0.357. The molecule has 0 fully saturated rings. The summed E-state index contributed by atoms with van der Waals surface area (Å²) in [7, 11) is 0. The van der Waals surface area contributed by atoms with Gasteiger partial charge >= 0.3 is 144 Å². The van der Waals surface area contributed by atoms with Crippen molar-refractivity contribution < 1.29 is 22.4 Å². The Hall–Kier alpha value is -0.968. The molecule has 22 heavy (non-hydrogen) atoms. The van der Waals surface area contributed by atoms with E-state index in [0.29, 0.717) is 14.0 Å². The van der Waals surface area contributed by atoms with Gasteiger partial charge in [0.15, 0.2) is 0 Å². The first kappa shape index (κ1) is 19.1. The van der Waals surface area contributed by atoms with Crippen LogP contribution in [0.4, 0.5) is 0 Å². The standard InChI is InChI=1S/C8H8Br.3C2H4O2.Pb/c1-2-7-3-5-8(9)6-4-7;3*1-2(3)4;/h3,5-6H,2H2,1H3;3*1H3,(H,3,4);/q;;;;+3/p-3. The van der Waals surface area contributed by atoms with Gasteiger partial charge in [-0.2, -0.15) is 0 Å². The Bertz CT molecular complexity index is 560. The van der Waals surface area contributed by atoms with Crippen LogP contribution in [0, 0.1) is 0 Å². The molecule has 1 aromatic rings. The van der Waals surface area contributed by atoms with Crippen LogP contribution in [0.3, 0.4) is 0 Å². The van der Waals surface area contributed by atoms with Crippen molar-refractivity contribution in [1.29, 1.82) is 0 Å². The van der Waals surface area contributed by atoms with Crippen molar-refractivity contribution >= 4 is 59.5 Å². The molecule has 0 N–H and O–H groups in total. The Balaban J connectivity index is 3.57. The molecule has 0 bridgehead atoms. The van der Waals surface area contributed by atoms with Crippen molar-refractivity contribution in [2.45, 2.75) is 34.1 Å². The van der Waals surface area contributed by atoms with Crippen LogP contribution in [0.5, 0.6) is 0 Å². The van der Waals surface area contributed by atoms with Gasteiger partial charge in [-0.25, -0.2) is 0 Å². The number of aryl methyl sites for hydroxylation is 1. The third-order valence-electron chi connectivity index (χ3n) is 2.62. The predicted molar refractivity (Wildman–Crippen MR) is 84.2 cm³/mol. The SMILES string of the molecule is CCc1ccc(Br)c[c]1[Pb]([O]C(C)=O)([O]C(C)=O)[O]C(C)=O. The first-order chi connectivity index (χ1) is 10.2. The number of carbonyl (C=O) groups excluding carboxylic acids is 3. The van der Waals surface area contributed by atoms with Crippen LogP contribution in [0.15, 0.2) is 22.7 Å².